The van der Waals surface area contributed by atoms with E-state index in [2.05, 4.69) is 5.10 Å². The van der Waals surface area contributed by atoms with Gasteiger partial charge in [0, 0.05) is 11.2 Å². The van der Waals surface area contributed by atoms with E-state index in [9.17, 15) is 9.59 Å². The van der Waals surface area contributed by atoms with Gasteiger partial charge in [0.25, 0.3) is 0 Å². The lowest BCUT2D eigenvalue weighted by molar-refractivity contribution is -0.139. The van der Waals surface area contributed by atoms with Crippen molar-refractivity contribution in [2.24, 2.45) is 11.0 Å². The molecule has 0 saturated carbocycles. The van der Waals surface area contributed by atoms with Gasteiger partial charge in [-0.2, -0.15) is 5.10 Å². The van der Waals surface area contributed by atoms with Crippen molar-refractivity contribution in [1.29, 1.82) is 0 Å². The summed E-state index contributed by atoms with van der Waals surface area (Å²) in [6.45, 7) is -0.105. The number of carboxylic acid groups (broad SMARTS) is 1. The Bertz CT molecular complexity index is 870. The molecule has 0 spiro atoms. The second-order valence-electron chi connectivity index (χ2n) is 5.98. The van der Waals surface area contributed by atoms with Crippen molar-refractivity contribution in [3.8, 4) is 5.75 Å². The van der Waals surface area contributed by atoms with Crippen LogP contribution in [-0.2, 0) is 4.79 Å². The number of carboxylic acids is 1. The van der Waals surface area contributed by atoms with Gasteiger partial charge < -0.3 is 9.84 Å². The Morgan fingerprint density at radius 1 is 1.27 bits per heavy atom. The van der Waals surface area contributed by atoms with Crippen LogP contribution in [0.5, 0.6) is 5.75 Å². The van der Waals surface area contributed by atoms with E-state index in [0.29, 0.717) is 17.1 Å². The summed E-state index contributed by atoms with van der Waals surface area (Å²) in [5.74, 6) is -1.43. The molecule has 0 saturated heterocycles. The lowest BCUT2D eigenvalue weighted by Crippen LogP contribution is -2.25. The molecule has 132 valence electrons. The summed E-state index contributed by atoms with van der Waals surface area (Å²) in [6, 6.07) is 12.3. The molecule has 0 aromatic heterocycles. The first kappa shape index (κ1) is 18.0. The third-order valence-corrected chi connectivity index (χ3v) is 4.22. The Hall–Kier alpha value is -2.80. The predicted molar refractivity (Wildman–Crippen MR) is 103 cm³/mol. The number of ketones is 1. The molecule has 6 nitrogen and oxygen atoms in total. The van der Waals surface area contributed by atoms with Crippen molar-refractivity contribution in [3.05, 3.63) is 53.1 Å². The maximum atomic E-state index is 12.9. The van der Waals surface area contributed by atoms with E-state index < -0.39 is 18.5 Å². The number of benzene rings is 2. The quantitative estimate of drug-likeness (QED) is 0.614. The molecular formula is C18H16BClN2O4. The minimum atomic E-state index is -1.10. The number of hydrazone groups is 1. The number of hydrogen-bond acceptors (Lipinski definition) is 5. The minimum Gasteiger partial charge on any atom is -0.481 e. The molecule has 1 aliphatic rings. The van der Waals surface area contributed by atoms with Gasteiger partial charge in [-0.25, -0.2) is 4.79 Å². The van der Waals surface area contributed by atoms with Crippen LogP contribution in [0.2, 0.25) is 5.02 Å². The van der Waals surface area contributed by atoms with Gasteiger partial charge in [0.1, 0.15) is 13.6 Å². The number of ether oxygens (including phenoxy) is 1. The summed E-state index contributed by atoms with van der Waals surface area (Å²) < 4.78 is 5.27. The van der Waals surface area contributed by atoms with E-state index in [4.69, 9.17) is 21.4 Å². The van der Waals surface area contributed by atoms with E-state index in [0.717, 1.165) is 11.2 Å². The molecule has 1 heterocycles. The molecule has 26 heavy (non-hydrogen) atoms. The third kappa shape index (κ3) is 4.05. The highest BCUT2D eigenvalue weighted by Crippen LogP contribution is 2.26. The fraction of sp³-hybridized carbons (Fsp3) is 0.167. The Labute approximate surface area is 156 Å². The van der Waals surface area contributed by atoms with Crippen molar-refractivity contribution < 1.29 is 19.4 Å². The van der Waals surface area contributed by atoms with Gasteiger partial charge in [0.15, 0.2) is 12.4 Å². The molecule has 0 radical (unpaired) electrons. The van der Waals surface area contributed by atoms with Crippen LogP contribution in [0.3, 0.4) is 0 Å². The van der Waals surface area contributed by atoms with Crippen LogP contribution in [-0.4, -0.2) is 44.1 Å². The van der Waals surface area contributed by atoms with E-state index in [1.165, 1.54) is 0 Å². The molecule has 0 amide bonds. The number of nitrogens with zero attached hydrogens (tertiary/aromatic N) is 2. The standard InChI is InChI=1S/C18H16BClN2O4/c19-12-1-6-16(26-10-17(23)24)15(7-12)18(25)11-8-21-22(9-11)14-4-2-13(20)3-5-14/h1-8,11H,9-10,19H2,(H,23,24). The number of halogens is 1. The van der Waals surface area contributed by atoms with Crippen molar-refractivity contribution in [2.75, 3.05) is 18.2 Å². The predicted octanol–water partition coefficient (Wildman–Crippen LogP) is 1.37. The van der Waals surface area contributed by atoms with Gasteiger partial charge in [0.2, 0.25) is 0 Å². The lowest BCUT2D eigenvalue weighted by atomic mass is 9.90. The lowest BCUT2D eigenvalue weighted by Gasteiger charge is -2.17. The number of rotatable bonds is 6. The normalized spacial score (nSPS) is 15.9. The van der Waals surface area contributed by atoms with Crippen LogP contribution >= 0.6 is 11.6 Å². The summed E-state index contributed by atoms with van der Waals surface area (Å²) in [5, 5.41) is 15.5. The molecule has 8 heteroatoms. The molecule has 3 rings (SSSR count). The zero-order valence-corrected chi connectivity index (χ0v) is 14.8. The Morgan fingerprint density at radius 3 is 2.69 bits per heavy atom. The first-order chi connectivity index (χ1) is 12.4. The van der Waals surface area contributed by atoms with Crippen LogP contribution in [0.4, 0.5) is 5.69 Å². The van der Waals surface area contributed by atoms with E-state index >= 15 is 0 Å². The molecule has 2 aromatic carbocycles. The van der Waals surface area contributed by atoms with Gasteiger partial charge in [-0.15, -0.1) is 0 Å². The highest BCUT2D eigenvalue weighted by Gasteiger charge is 2.28. The number of hydrogen-bond donors (Lipinski definition) is 1. The molecule has 0 aliphatic carbocycles. The second-order valence-corrected chi connectivity index (χ2v) is 6.41. The van der Waals surface area contributed by atoms with E-state index in [1.54, 1.807) is 41.6 Å². The van der Waals surface area contributed by atoms with Crippen LogP contribution in [0, 0.1) is 5.92 Å². The molecule has 0 fully saturated rings. The Balaban J connectivity index is 1.77. The molecule has 2 aromatic rings. The van der Waals surface area contributed by atoms with Crippen LogP contribution in [0.25, 0.3) is 0 Å². The van der Waals surface area contributed by atoms with Gasteiger partial charge in [0.05, 0.1) is 23.7 Å². The van der Waals surface area contributed by atoms with Crippen LogP contribution < -0.4 is 15.2 Å². The number of carbonyl (C=O) groups is 2. The Morgan fingerprint density at radius 2 is 2.00 bits per heavy atom. The smallest absolute Gasteiger partial charge is 0.341 e. The van der Waals surface area contributed by atoms with Gasteiger partial charge in [-0.1, -0.05) is 29.2 Å². The topological polar surface area (TPSA) is 79.2 Å². The number of carbonyl (C=O) groups excluding carboxylic acids is 1. The van der Waals surface area contributed by atoms with E-state index in [1.807, 2.05) is 20.0 Å². The zero-order chi connectivity index (χ0) is 18.7. The number of anilines is 1. The van der Waals surface area contributed by atoms with Crippen LogP contribution in [0.15, 0.2) is 47.6 Å². The maximum absolute atomic E-state index is 12.9. The largest absolute Gasteiger partial charge is 0.481 e. The first-order valence-electron chi connectivity index (χ1n) is 8.00. The molecule has 1 atom stereocenters. The van der Waals surface area contributed by atoms with Crippen molar-refractivity contribution in [3.63, 3.8) is 0 Å². The summed E-state index contributed by atoms with van der Waals surface area (Å²) >= 11 is 5.89. The number of aliphatic carboxylic acids is 1. The average Bonchev–Trinajstić information content (AvgIpc) is 3.10. The molecule has 0 bridgehead atoms. The Kier molecular flexibility index (Phi) is 5.28. The highest BCUT2D eigenvalue weighted by atomic mass is 35.5. The minimum absolute atomic E-state index is 0.158. The molecular weight excluding hydrogens is 354 g/mol. The van der Waals surface area contributed by atoms with Gasteiger partial charge >= 0.3 is 5.97 Å². The van der Waals surface area contributed by atoms with Crippen molar-refractivity contribution in [1.82, 2.24) is 0 Å². The van der Waals surface area contributed by atoms with Crippen molar-refractivity contribution >= 4 is 48.6 Å². The fourth-order valence-corrected chi connectivity index (χ4v) is 2.80. The molecule has 1 N–H and O–H groups in total. The fourth-order valence-electron chi connectivity index (χ4n) is 2.68. The summed E-state index contributed by atoms with van der Waals surface area (Å²) in [7, 11) is 1.86. The SMILES string of the molecule is Bc1ccc(OCC(=O)O)c(C(=O)C2C=NN(c3ccc(Cl)cc3)C2)c1. The van der Waals surface area contributed by atoms with Gasteiger partial charge in [-0.05, 0) is 30.3 Å². The third-order valence-electron chi connectivity index (χ3n) is 3.97. The first-order valence-corrected chi connectivity index (χ1v) is 8.38. The van der Waals surface area contributed by atoms with E-state index in [-0.39, 0.29) is 11.5 Å². The average molecular weight is 371 g/mol. The summed E-state index contributed by atoms with van der Waals surface area (Å²) in [5.41, 5.74) is 2.09. The van der Waals surface area contributed by atoms with Crippen molar-refractivity contribution in [2.45, 2.75) is 0 Å². The molecule has 1 unspecified atom stereocenters. The monoisotopic (exact) mass is 370 g/mol. The number of Topliss-reactive ketones (excluding diaryl/α,β-unsaturated/α-hetero) is 1. The maximum Gasteiger partial charge on any atom is 0.341 e. The van der Waals surface area contributed by atoms with Gasteiger partial charge in [-0.3, -0.25) is 9.80 Å². The zero-order valence-electron chi connectivity index (χ0n) is 14.1. The second kappa shape index (κ2) is 7.62. The molecule has 1 aliphatic heterocycles. The summed E-state index contributed by atoms with van der Waals surface area (Å²) in [4.78, 5) is 23.7. The highest BCUT2D eigenvalue weighted by molar-refractivity contribution is 6.33. The van der Waals surface area contributed by atoms with Crippen LogP contribution in [0.1, 0.15) is 10.4 Å². The summed E-state index contributed by atoms with van der Waals surface area (Å²) in [6.07, 6.45) is 1.60.